The van der Waals surface area contributed by atoms with E-state index in [1.165, 1.54) is 6.42 Å². The zero-order valence-corrected chi connectivity index (χ0v) is 25.5. The second-order valence-corrected chi connectivity index (χ2v) is 11.9. The molecule has 0 spiro atoms. The number of carboxylic acids is 1. The molecular weight excluding hydrogens is 534 g/mol. The summed E-state index contributed by atoms with van der Waals surface area (Å²) in [6.07, 6.45) is 9.00. The summed E-state index contributed by atoms with van der Waals surface area (Å²) in [5.74, 6) is -1.11. The van der Waals surface area contributed by atoms with E-state index >= 15 is 0 Å². The van der Waals surface area contributed by atoms with Gasteiger partial charge in [-0.2, -0.15) is 0 Å². The Morgan fingerprint density at radius 1 is 1.14 bits per heavy atom. The number of aromatic carboxylic acids is 1. The van der Waals surface area contributed by atoms with Crippen LogP contribution in [0.3, 0.4) is 0 Å². The molecule has 4 rings (SSSR count). The molecule has 2 heterocycles. The van der Waals surface area contributed by atoms with Crippen LogP contribution in [0, 0.1) is 12.8 Å². The molecule has 2 atom stereocenters. The van der Waals surface area contributed by atoms with E-state index in [1.54, 1.807) is 6.92 Å². The molecule has 0 radical (unpaired) electrons. The quantitative estimate of drug-likeness (QED) is 0.251. The smallest absolute Gasteiger partial charge is 0.358 e. The fraction of sp³-hybridized carbons (Fsp3) is 0.562. The zero-order chi connectivity index (χ0) is 30.4. The van der Waals surface area contributed by atoms with Gasteiger partial charge >= 0.3 is 12.0 Å². The molecule has 0 bridgehead atoms. The molecule has 1 saturated carbocycles. The highest BCUT2D eigenvalue weighted by Gasteiger charge is 2.32. The summed E-state index contributed by atoms with van der Waals surface area (Å²) >= 11 is 0. The number of oxazole rings is 1. The van der Waals surface area contributed by atoms with Crippen LogP contribution < -0.4 is 10.6 Å². The Kier molecular flexibility index (Phi) is 10.3. The molecule has 0 saturated heterocycles. The Bertz CT molecular complexity index is 1390. The predicted octanol–water partition coefficient (Wildman–Crippen LogP) is 5.74. The van der Waals surface area contributed by atoms with Gasteiger partial charge in [0.15, 0.2) is 5.69 Å². The summed E-state index contributed by atoms with van der Waals surface area (Å²) in [5, 5.41) is 16.7. The van der Waals surface area contributed by atoms with Gasteiger partial charge in [0.25, 0.3) is 0 Å². The van der Waals surface area contributed by atoms with E-state index in [2.05, 4.69) is 22.5 Å². The second-order valence-electron chi connectivity index (χ2n) is 11.9. The summed E-state index contributed by atoms with van der Waals surface area (Å²) in [6.45, 7) is 8.28. The molecule has 1 fully saturated rings. The van der Waals surface area contributed by atoms with Crippen molar-refractivity contribution in [1.29, 1.82) is 0 Å². The Hall–Kier alpha value is -3.82. The highest BCUT2D eigenvalue weighted by Crippen LogP contribution is 2.28. The zero-order valence-electron chi connectivity index (χ0n) is 25.5. The number of nitrogens with zero attached hydrogens (tertiary/aromatic N) is 3. The number of benzene rings is 1. The van der Waals surface area contributed by atoms with Crippen molar-refractivity contribution >= 4 is 28.8 Å². The van der Waals surface area contributed by atoms with Crippen molar-refractivity contribution in [3.63, 3.8) is 0 Å². The lowest BCUT2D eigenvalue weighted by molar-refractivity contribution is -0.124. The van der Waals surface area contributed by atoms with E-state index in [-0.39, 0.29) is 41.2 Å². The molecule has 228 valence electrons. The summed E-state index contributed by atoms with van der Waals surface area (Å²) in [5.41, 5.74) is 1.81. The SMILES string of the molecule is CCCN(C(=O)N[C@@H](CC(C)C)C(=O)N[C@H](Cc1cn(C)c2ccccc12)c1nc(C(=O)O)c(C)o1)C1CCCCC1. The average Bonchev–Trinajstić information content (AvgIpc) is 3.50. The van der Waals surface area contributed by atoms with Crippen molar-refractivity contribution in [3.05, 3.63) is 53.4 Å². The maximum Gasteiger partial charge on any atom is 0.358 e. The van der Waals surface area contributed by atoms with Gasteiger partial charge in [-0.25, -0.2) is 14.6 Å². The third kappa shape index (κ3) is 7.33. The first-order chi connectivity index (χ1) is 20.1. The number of carbonyl (C=O) groups excluding carboxylic acids is 2. The van der Waals surface area contributed by atoms with Crippen LogP contribution in [0.2, 0.25) is 0 Å². The Morgan fingerprint density at radius 3 is 2.50 bits per heavy atom. The molecule has 2 aromatic heterocycles. The van der Waals surface area contributed by atoms with E-state index < -0.39 is 18.1 Å². The van der Waals surface area contributed by atoms with E-state index in [0.29, 0.717) is 19.4 Å². The van der Waals surface area contributed by atoms with Crippen LogP contribution in [0.4, 0.5) is 4.79 Å². The van der Waals surface area contributed by atoms with Crippen LogP contribution >= 0.6 is 0 Å². The summed E-state index contributed by atoms with van der Waals surface area (Å²) in [7, 11) is 1.96. The number of hydrogen-bond acceptors (Lipinski definition) is 5. The minimum Gasteiger partial charge on any atom is -0.476 e. The minimum absolute atomic E-state index is 0.121. The lowest BCUT2D eigenvalue weighted by Crippen LogP contribution is -2.54. The highest BCUT2D eigenvalue weighted by molar-refractivity contribution is 5.88. The van der Waals surface area contributed by atoms with Crippen LogP contribution in [-0.4, -0.2) is 56.1 Å². The first kappa shape index (κ1) is 31.1. The van der Waals surface area contributed by atoms with Crippen LogP contribution in [0.25, 0.3) is 10.9 Å². The highest BCUT2D eigenvalue weighted by atomic mass is 16.4. The second kappa shape index (κ2) is 13.9. The van der Waals surface area contributed by atoms with E-state index in [4.69, 9.17) is 4.42 Å². The minimum atomic E-state index is -1.19. The molecule has 10 heteroatoms. The fourth-order valence-corrected chi connectivity index (χ4v) is 6.06. The molecule has 10 nitrogen and oxygen atoms in total. The number of amides is 3. The number of nitrogens with one attached hydrogen (secondary N) is 2. The number of hydrogen-bond donors (Lipinski definition) is 3. The maximum atomic E-state index is 13.9. The standard InChI is InChI=1S/C32H45N5O5/c1-6-16-37(23-12-8-7-9-13-23)32(41)34-25(17-20(2)3)29(38)33-26(30-35-28(31(39)40)21(4)42-30)18-22-19-36(5)27-15-11-10-14-24(22)27/h10-11,14-15,19-20,23,25-26H,6-9,12-13,16-18H2,1-5H3,(H,33,38)(H,34,41)(H,39,40)/t25-,26+/m0/s1. The monoisotopic (exact) mass is 579 g/mol. The van der Waals surface area contributed by atoms with Crippen LogP contribution in [0.1, 0.15) is 99.5 Å². The first-order valence-electron chi connectivity index (χ1n) is 15.2. The van der Waals surface area contributed by atoms with Crippen LogP contribution in [0.15, 0.2) is 34.9 Å². The van der Waals surface area contributed by atoms with Gasteiger partial charge in [0.05, 0.1) is 0 Å². The van der Waals surface area contributed by atoms with Gasteiger partial charge in [-0.15, -0.1) is 0 Å². The fourth-order valence-electron chi connectivity index (χ4n) is 6.06. The molecule has 0 aliphatic heterocycles. The molecule has 1 aliphatic rings. The predicted molar refractivity (Wildman–Crippen MR) is 161 cm³/mol. The average molecular weight is 580 g/mol. The summed E-state index contributed by atoms with van der Waals surface area (Å²) in [4.78, 5) is 45.4. The number of aryl methyl sites for hydroxylation is 2. The van der Waals surface area contributed by atoms with E-state index in [9.17, 15) is 19.5 Å². The lowest BCUT2D eigenvalue weighted by Gasteiger charge is -2.35. The number of urea groups is 1. The van der Waals surface area contributed by atoms with Crippen molar-refractivity contribution in [2.24, 2.45) is 13.0 Å². The van der Waals surface area contributed by atoms with Crippen molar-refractivity contribution in [1.82, 2.24) is 25.1 Å². The molecule has 0 unspecified atom stereocenters. The molecule has 3 aromatic rings. The number of para-hydroxylation sites is 1. The molecular formula is C32H45N5O5. The molecule has 1 aromatic carbocycles. The topological polar surface area (TPSA) is 130 Å². The van der Waals surface area contributed by atoms with E-state index in [1.807, 2.05) is 60.8 Å². The molecule has 3 N–H and O–H groups in total. The van der Waals surface area contributed by atoms with Gasteiger partial charge in [0.1, 0.15) is 17.8 Å². The number of carbonyl (C=O) groups is 3. The van der Waals surface area contributed by atoms with Crippen molar-refractivity contribution in [3.8, 4) is 0 Å². The lowest BCUT2D eigenvalue weighted by atomic mass is 9.94. The van der Waals surface area contributed by atoms with Gasteiger partial charge < -0.3 is 29.6 Å². The van der Waals surface area contributed by atoms with Crippen LogP contribution in [-0.2, 0) is 18.3 Å². The van der Waals surface area contributed by atoms with Gasteiger partial charge in [0.2, 0.25) is 11.8 Å². The first-order valence-corrected chi connectivity index (χ1v) is 15.2. The Labute approximate surface area is 247 Å². The maximum absolute atomic E-state index is 13.9. The van der Waals surface area contributed by atoms with Crippen molar-refractivity contribution < 1.29 is 23.9 Å². The molecule has 42 heavy (non-hydrogen) atoms. The summed E-state index contributed by atoms with van der Waals surface area (Å²) < 4.78 is 7.83. The number of carboxylic acid groups (broad SMARTS) is 1. The Balaban J connectivity index is 1.61. The van der Waals surface area contributed by atoms with Gasteiger partial charge in [-0.3, -0.25) is 4.79 Å². The number of rotatable bonds is 12. The van der Waals surface area contributed by atoms with Gasteiger partial charge in [0, 0.05) is 43.2 Å². The molecule has 3 amide bonds. The number of aromatic nitrogens is 2. The largest absolute Gasteiger partial charge is 0.476 e. The van der Waals surface area contributed by atoms with Gasteiger partial charge in [-0.05, 0) is 50.2 Å². The third-order valence-electron chi connectivity index (χ3n) is 8.10. The normalized spacial score (nSPS) is 15.5. The van der Waals surface area contributed by atoms with Gasteiger partial charge in [-0.1, -0.05) is 58.2 Å². The Morgan fingerprint density at radius 2 is 1.86 bits per heavy atom. The molecule has 1 aliphatic carbocycles. The van der Waals surface area contributed by atoms with Crippen LogP contribution in [0.5, 0.6) is 0 Å². The number of fused-ring (bicyclic) bond motifs is 1. The van der Waals surface area contributed by atoms with Crippen molar-refractivity contribution in [2.75, 3.05) is 6.54 Å². The third-order valence-corrected chi connectivity index (χ3v) is 8.10. The van der Waals surface area contributed by atoms with E-state index in [0.717, 1.165) is 48.6 Å². The van der Waals surface area contributed by atoms with Crippen molar-refractivity contribution in [2.45, 2.75) is 97.2 Å². The summed E-state index contributed by atoms with van der Waals surface area (Å²) in [6, 6.07) is 6.42.